The summed E-state index contributed by atoms with van der Waals surface area (Å²) in [5, 5.41) is 0. The third kappa shape index (κ3) is 7.05. The van der Waals surface area contributed by atoms with Gasteiger partial charge in [-0.3, -0.25) is 0 Å². The van der Waals surface area contributed by atoms with Crippen LogP contribution in [0.1, 0.15) is 6.92 Å². The van der Waals surface area contributed by atoms with Crippen LogP contribution in [0.5, 0.6) is 0 Å². The van der Waals surface area contributed by atoms with Crippen molar-refractivity contribution in [3.8, 4) is 0 Å². The lowest BCUT2D eigenvalue weighted by atomic mass is 10.9. The van der Waals surface area contributed by atoms with Gasteiger partial charge in [0.15, 0.2) is 0 Å². The van der Waals surface area contributed by atoms with Gasteiger partial charge < -0.3 is 4.43 Å². The molecule has 0 heterocycles. The van der Waals surface area contributed by atoms with Crippen LogP contribution in [0, 0.1) is 0 Å². The summed E-state index contributed by atoms with van der Waals surface area (Å²) in [6.07, 6.45) is -2.74. The van der Waals surface area contributed by atoms with Crippen LogP contribution in [0.3, 0.4) is 0 Å². The van der Waals surface area contributed by atoms with Gasteiger partial charge in [0.25, 0.3) is 0 Å². The highest BCUT2D eigenvalue weighted by Crippen LogP contribution is 2.19. The van der Waals surface area contributed by atoms with Crippen LogP contribution < -0.4 is 0 Å². The van der Waals surface area contributed by atoms with E-state index >= 15 is 0 Å². The molecule has 0 aliphatic carbocycles. The predicted molar refractivity (Wildman–Crippen MR) is 34.9 cm³/mol. The zero-order valence-electron chi connectivity index (χ0n) is 3.75. The zero-order valence-corrected chi connectivity index (χ0v) is 7.02. The van der Waals surface area contributed by atoms with Crippen LogP contribution in [0.15, 0.2) is 0 Å². The van der Waals surface area contributed by atoms with Crippen molar-refractivity contribution in [1.82, 2.24) is 0 Å². The van der Waals surface area contributed by atoms with Gasteiger partial charge >= 0.3 is 6.25 Å². The zero-order chi connectivity index (χ0) is 5.91. The van der Waals surface area contributed by atoms with Crippen LogP contribution in [0.25, 0.3) is 0 Å². The molecule has 0 unspecified atom stereocenters. The summed E-state index contributed by atoms with van der Waals surface area (Å²) in [6, 6.07) is 0. The van der Waals surface area contributed by atoms with E-state index in [0.29, 0.717) is 6.61 Å². The van der Waals surface area contributed by atoms with Crippen molar-refractivity contribution in [1.29, 1.82) is 0 Å². The van der Waals surface area contributed by atoms with Crippen LogP contribution in [-0.2, 0) is 4.43 Å². The first-order valence-corrected chi connectivity index (χ1v) is 6.71. The molecule has 0 aromatic rings. The normalized spacial score (nSPS) is 12.0. The summed E-state index contributed by atoms with van der Waals surface area (Å²) in [6.45, 7) is 2.26. The van der Waals surface area contributed by atoms with Gasteiger partial charge in [0.05, 0.1) is 0 Å². The fourth-order valence-corrected chi connectivity index (χ4v) is 1.47. The fourth-order valence-electron chi connectivity index (χ4n) is 0.164. The molecule has 0 spiro atoms. The van der Waals surface area contributed by atoms with E-state index in [2.05, 4.69) is 4.43 Å². The summed E-state index contributed by atoms with van der Waals surface area (Å²) in [5.74, 6) is 0. The summed E-state index contributed by atoms with van der Waals surface area (Å²) >= 11 is 15.8. The minimum absolute atomic E-state index is 0.475. The van der Waals surface area contributed by atoms with Crippen LogP contribution in [0.4, 0.5) is 0 Å². The van der Waals surface area contributed by atoms with E-state index in [4.69, 9.17) is 33.2 Å². The molecule has 44 valence electrons. The quantitative estimate of drug-likeness (QED) is 0.466. The molecule has 0 aromatic heterocycles. The number of hydrogen-bond donors (Lipinski definition) is 0. The molecule has 0 aliphatic heterocycles. The van der Waals surface area contributed by atoms with E-state index in [-0.39, 0.29) is 0 Å². The van der Waals surface area contributed by atoms with Crippen molar-refractivity contribution in [2.45, 2.75) is 6.92 Å². The predicted octanol–water partition coefficient (Wildman–Crippen LogP) is 2.17. The van der Waals surface area contributed by atoms with Gasteiger partial charge in [-0.25, -0.2) is 0 Å². The van der Waals surface area contributed by atoms with Crippen molar-refractivity contribution in [2.24, 2.45) is 0 Å². The van der Waals surface area contributed by atoms with Crippen molar-refractivity contribution in [3.63, 3.8) is 0 Å². The van der Waals surface area contributed by atoms with Gasteiger partial charge in [0.1, 0.15) is 0 Å². The van der Waals surface area contributed by atoms with E-state index in [1.807, 2.05) is 0 Å². The molecule has 0 N–H and O–H groups in total. The molecular weight excluding hydrogens is 174 g/mol. The van der Waals surface area contributed by atoms with E-state index in [1.54, 1.807) is 6.92 Å². The molecule has 0 radical (unpaired) electrons. The van der Waals surface area contributed by atoms with Gasteiger partial charge in [-0.15, -0.1) is 0 Å². The van der Waals surface area contributed by atoms with Gasteiger partial charge in [0.2, 0.25) is 0 Å². The molecule has 0 amide bonds. The third-order valence-corrected chi connectivity index (χ3v) is 1.91. The van der Waals surface area contributed by atoms with Crippen molar-refractivity contribution < 1.29 is 4.43 Å². The lowest BCUT2D eigenvalue weighted by molar-refractivity contribution is 0.360. The molecule has 0 aromatic carbocycles. The molecule has 5 heteroatoms. The Morgan fingerprint density at radius 1 is 1.43 bits per heavy atom. The molecule has 7 heavy (non-hydrogen) atoms. The molecular formula is C2H5Cl3OSi. The van der Waals surface area contributed by atoms with E-state index in [0.717, 1.165) is 0 Å². The third-order valence-electron chi connectivity index (χ3n) is 0.308. The highest BCUT2D eigenvalue weighted by molar-refractivity contribution is 7.62. The summed E-state index contributed by atoms with van der Waals surface area (Å²) in [4.78, 5) is 0. The smallest absolute Gasteiger partial charge is 0.381 e. The summed E-state index contributed by atoms with van der Waals surface area (Å²) in [5.41, 5.74) is 0. The molecule has 0 saturated heterocycles. The Morgan fingerprint density at radius 2 is 1.86 bits per heavy atom. The summed E-state index contributed by atoms with van der Waals surface area (Å²) in [7, 11) is 0. The highest BCUT2D eigenvalue weighted by Gasteiger charge is 2.25. The van der Waals surface area contributed by atoms with Crippen LogP contribution >= 0.6 is 33.2 Å². The van der Waals surface area contributed by atoms with Crippen molar-refractivity contribution >= 4 is 39.5 Å². The lowest BCUT2D eigenvalue weighted by Gasteiger charge is -2.03. The Morgan fingerprint density at radius 3 is 1.86 bits per heavy atom. The maximum atomic E-state index is 5.28. The second-order valence-electron chi connectivity index (χ2n) is 0.879. The Labute approximate surface area is 57.7 Å². The largest absolute Gasteiger partial charge is 0.493 e. The topological polar surface area (TPSA) is 9.23 Å². The number of rotatable bonds is 2. The van der Waals surface area contributed by atoms with Crippen molar-refractivity contribution in [2.75, 3.05) is 6.61 Å². The average molecular weight is 180 g/mol. The SMILES string of the molecule is CCO[Si](Cl)(Cl)Cl. The molecule has 0 rings (SSSR count). The van der Waals surface area contributed by atoms with Gasteiger partial charge in [-0.1, -0.05) is 33.2 Å². The Balaban J connectivity index is 3.15. The average Bonchev–Trinajstić information content (AvgIpc) is 1.30. The van der Waals surface area contributed by atoms with Crippen LogP contribution in [0.2, 0.25) is 0 Å². The molecule has 0 bridgehead atoms. The fraction of sp³-hybridized carbons (Fsp3) is 1.00. The molecule has 0 fully saturated rings. The number of hydrogen-bond acceptors (Lipinski definition) is 1. The molecule has 0 aliphatic rings. The maximum absolute atomic E-state index is 5.28. The minimum Gasteiger partial charge on any atom is -0.381 e. The summed E-state index contributed by atoms with van der Waals surface area (Å²) < 4.78 is 4.66. The lowest BCUT2D eigenvalue weighted by Crippen LogP contribution is -2.14. The van der Waals surface area contributed by atoms with Crippen LogP contribution in [-0.4, -0.2) is 12.9 Å². The first kappa shape index (κ1) is 8.05. The Kier molecular flexibility index (Phi) is 3.62. The molecule has 1 nitrogen and oxygen atoms in total. The highest BCUT2D eigenvalue weighted by atomic mass is 35.8. The van der Waals surface area contributed by atoms with E-state index in [9.17, 15) is 0 Å². The van der Waals surface area contributed by atoms with Gasteiger partial charge in [-0.2, -0.15) is 0 Å². The van der Waals surface area contributed by atoms with Crippen molar-refractivity contribution in [3.05, 3.63) is 0 Å². The Hall–Kier alpha value is 1.05. The number of halogens is 3. The first-order chi connectivity index (χ1) is 3.06. The second-order valence-corrected chi connectivity index (χ2v) is 8.59. The molecule has 0 atom stereocenters. The maximum Gasteiger partial charge on any atom is 0.493 e. The van der Waals surface area contributed by atoms with Gasteiger partial charge in [0, 0.05) is 6.61 Å². The minimum atomic E-state index is -2.74. The Bertz CT molecular complexity index is 51.4. The second kappa shape index (κ2) is 3.15. The molecule has 0 saturated carbocycles. The monoisotopic (exact) mass is 178 g/mol. The van der Waals surface area contributed by atoms with Gasteiger partial charge in [-0.05, 0) is 6.92 Å². The standard InChI is InChI=1S/C2H5Cl3OSi/c1-2-6-7(3,4)5/h2H2,1H3. The van der Waals surface area contributed by atoms with E-state index < -0.39 is 6.25 Å². The van der Waals surface area contributed by atoms with E-state index in [1.165, 1.54) is 0 Å². The first-order valence-electron chi connectivity index (χ1n) is 1.77.